The first kappa shape index (κ1) is 23.6. The number of nitrogens with two attached hydrogens (primary N) is 1. The molecule has 186 valence electrons. The van der Waals surface area contributed by atoms with Gasteiger partial charge in [-0.1, -0.05) is 12.1 Å². The average Bonchev–Trinajstić information content (AvgIpc) is 3.25. The van der Waals surface area contributed by atoms with Crippen LogP contribution in [0.25, 0.3) is 22.0 Å². The van der Waals surface area contributed by atoms with Gasteiger partial charge in [-0.15, -0.1) is 0 Å². The van der Waals surface area contributed by atoms with E-state index in [-0.39, 0.29) is 11.5 Å². The molecule has 0 atom stereocenters. The zero-order valence-electron chi connectivity index (χ0n) is 20.1. The van der Waals surface area contributed by atoms with Gasteiger partial charge >= 0.3 is 0 Å². The summed E-state index contributed by atoms with van der Waals surface area (Å²) in [7, 11) is 0. The number of carbonyl (C=O) groups excluding carboxylic acids is 1. The number of pyridine rings is 1. The van der Waals surface area contributed by atoms with Crippen molar-refractivity contribution in [1.82, 2.24) is 14.8 Å². The van der Waals surface area contributed by atoms with Crippen molar-refractivity contribution < 1.29 is 14.3 Å². The lowest BCUT2D eigenvalue weighted by atomic mass is 10.0. The van der Waals surface area contributed by atoms with Crippen LogP contribution < -0.4 is 21.3 Å². The maximum absolute atomic E-state index is 12.7. The van der Waals surface area contributed by atoms with E-state index in [2.05, 4.69) is 15.5 Å². The molecular formula is C27H29N5O4. The molecule has 0 aliphatic carbocycles. The summed E-state index contributed by atoms with van der Waals surface area (Å²) in [5.41, 5.74) is 10.1. The van der Waals surface area contributed by atoms with E-state index in [0.717, 1.165) is 53.6 Å². The van der Waals surface area contributed by atoms with Crippen molar-refractivity contribution in [2.24, 2.45) is 5.92 Å². The summed E-state index contributed by atoms with van der Waals surface area (Å²) in [6.07, 6.45) is 3.77. The summed E-state index contributed by atoms with van der Waals surface area (Å²) in [6.45, 7) is 3.93. The summed E-state index contributed by atoms with van der Waals surface area (Å²) in [5.74, 6) is 1.35. The normalized spacial score (nSPS) is 14.1. The summed E-state index contributed by atoms with van der Waals surface area (Å²) < 4.78 is 13.4. The van der Waals surface area contributed by atoms with E-state index in [1.165, 1.54) is 6.92 Å². The molecule has 0 spiro atoms. The molecule has 2 aromatic carbocycles. The number of benzene rings is 2. The van der Waals surface area contributed by atoms with Crippen LogP contribution in [0.3, 0.4) is 0 Å². The summed E-state index contributed by atoms with van der Waals surface area (Å²) in [6, 6.07) is 14.7. The van der Waals surface area contributed by atoms with Gasteiger partial charge < -0.3 is 25.1 Å². The molecule has 1 aliphatic heterocycles. The van der Waals surface area contributed by atoms with Gasteiger partial charge in [0, 0.05) is 38.1 Å². The monoisotopic (exact) mass is 487 g/mol. The van der Waals surface area contributed by atoms with Gasteiger partial charge in [0.1, 0.15) is 5.75 Å². The molecule has 1 saturated heterocycles. The van der Waals surface area contributed by atoms with Crippen LogP contribution in [0.5, 0.6) is 5.75 Å². The Morgan fingerprint density at radius 2 is 2.03 bits per heavy atom. The smallest absolute Gasteiger partial charge is 0.250 e. The molecule has 5 rings (SSSR count). The molecule has 1 amide bonds. The van der Waals surface area contributed by atoms with Gasteiger partial charge in [-0.25, -0.2) is 0 Å². The predicted octanol–water partition coefficient (Wildman–Crippen LogP) is 3.79. The molecular weight excluding hydrogens is 458 g/mol. The standard InChI is InChI=1S/C27H29N5O4/c1-17(33)29-22-4-2-3-19(11-22)14-32-15-20(5-6-25(32)34)21-12-23-26(27(28)31-30-23)24(13-21)36-16-18-7-9-35-10-8-18/h2-6,11-13,15,18H,7-10,14,16H2,1H3,(H,29,33)(H3,28,30,31). The lowest BCUT2D eigenvalue weighted by Crippen LogP contribution is -2.21. The van der Waals surface area contributed by atoms with Crippen LogP contribution in [-0.4, -0.2) is 40.5 Å². The molecule has 4 aromatic rings. The van der Waals surface area contributed by atoms with Crippen molar-refractivity contribution in [2.45, 2.75) is 26.3 Å². The first-order valence-corrected chi connectivity index (χ1v) is 12.0. The van der Waals surface area contributed by atoms with Crippen LogP contribution in [0, 0.1) is 5.92 Å². The largest absolute Gasteiger partial charge is 0.492 e. The van der Waals surface area contributed by atoms with Crippen LogP contribution in [0.2, 0.25) is 0 Å². The fourth-order valence-corrected chi connectivity index (χ4v) is 4.52. The number of hydrogen-bond donors (Lipinski definition) is 3. The maximum atomic E-state index is 12.7. The number of H-pyrrole nitrogens is 1. The van der Waals surface area contributed by atoms with Crippen LogP contribution >= 0.6 is 0 Å². The average molecular weight is 488 g/mol. The Hall–Kier alpha value is -4.11. The van der Waals surface area contributed by atoms with E-state index < -0.39 is 0 Å². The van der Waals surface area contributed by atoms with Crippen molar-refractivity contribution >= 4 is 28.3 Å². The molecule has 4 N–H and O–H groups in total. The number of carbonyl (C=O) groups is 1. The minimum atomic E-state index is -0.143. The number of amides is 1. The van der Waals surface area contributed by atoms with E-state index in [9.17, 15) is 9.59 Å². The molecule has 2 aromatic heterocycles. The molecule has 9 heteroatoms. The molecule has 0 unspecified atom stereocenters. The van der Waals surface area contributed by atoms with Gasteiger partial charge in [0.15, 0.2) is 5.82 Å². The van der Waals surface area contributed by atoms with Crippen LogP contribution in [-0.2, 0) is 16.1 Å². The number of hydrogen-bond acceptors (Lipinski definition) is 6. The minimum absolute atomic E-state index is 0.119. The van der Waals surface area contributed by atoms with E-state index in [0.29, 0.717) is 36.3 Å². The van der Waals surface area contributed by atoms with Crippen molar-refractivity contribution in [1.29, 1.82) is 0 Å². The third kappa shape index (κ3) is 5.26. The third-order valence-corrected chi connectivity index (χ3v) is 6.39. The van der Waals surface area contributed by atoms with Crippen LogP contribution in [0.1, 0.15) is 25.3 Å². The van der Waals surface area contributed by atoms with Crippen molar-refractivity contribution in [3.63, 3.8) is 0 Å². The lowest BCUT2D eigenvalue weighted by molar-refractivity contribution is -0.114. The van der Waals surface area contributed by atoms with Gasteiger partial charge in [0.25, 0.3) is 5.56 Å². The zero-order chi connectivity index (χ0) is 25.1. The number of aromatic amines is 1. The number of fused-ring (bicyclic) bond motifs is 1. The van der Waals surface area contributed by atoms with Gasteiger partial charge in [-0.3, -0.25) is 14.7 Å². The molecule has 0 bridgehead atoms. The Bertz CT molecular complexity index is 1450. The fourth-order valence-electron chi connectivity index (χ4n) is 4.52. The summed E-state index contributed by atoms with van der Waals surface area (Å²) >= 11 is 0. The van der Waals surface area contributed by atoms with Crippen molar-refractivity contribution in [3.05, 3.63) is 70.6 Å². The second-order valence-corrected chi connectivity index (χ2v) is 9.14. The highest BCUT2D eigenvalue weighted by molar-refractivity contribution is 5.97. The Kier molecular flexibility index (Phi) is 6.73. The number of anilines is 2. The molecule has 3 heterocycles. The first-order valence-electron chi connectivity index (χ1n) is 12.0. The number of nitrogens with one attached hydrogen (secondary N) is 2. The molecule has 36 heavy (non-hydrogen) atoms. The first-order chi connectivity index (χ1) is 17.5. The summed E-state index contributed by atoms with van der Waals surface area (Å²) in [4.78, 5) is 24.1. The Morgan fingerprint density at radius 1 is 1.19 bits per heavy atom. The quantitative estimate of drug-likeness (QED) is 0.364. The highest BCUT2D eigenvalue weighted by Crippen LogP contribution is 2.35. The lowest BCUT2D eigenvalue weighted by Gasteiger charge is -2.22. The second kappa shape index (κ2) is 10.2. The topological polar surface area (TPSA) is 124 Å². The van der Waals surface area contributed by atoms with Crippen LogP contribution in [0.4, 0.5) is 11.5 Å². The van der Waals surface area contributed by atoms with E-state index in [1.54, 1.807) is 16.7 Å². The molecule has 1 fully saturated rings. The van der Waals surface area contributed by atoms with Gasteiger partial charge in [-0.05, 0) is 65.8 Å². The minimum Gasteiger partial charge on any atom is -0.492 e. The van der Waals surface area contributed by atoms with E-state index >= 15 is 0 Å². The molecule has 9 nitrogen and oxygen atoms in total. The number of ether oxygens (including phenoxy) is 2. The van der Waals surface area contributed by atoms with E-state index in [1.807, 2.05) is 42.6 Å². The maximum Gasteiger partial charge on any atom is 0.250 e. The summed E-state index contributed by atoms with van der Waals surface area (Å²) in [5, 5.41) is 10.7. The highest BCUT2D eigenvalue weighted by atomic mass is 16.5. The number of aromatic nitrogens is 3. The predicted molar refractivity (Wildman–Crippen MR) is 139 cm³/mol. The fraction of sp³-hybridized carbons (Fsp3) is 0.296. The number of rotatable bonds is 7. The zero-order valence-corrected chi connectivity index (χ0v) is 20.1. The van der Waals surface area contributed by atoms with Gasteiger partial charge in [0.2, 0.25) is 5.91 Å². The van der Waals surface area contributed by atoms with Crippen molar-refractivity contribution in [2.75, 3.05) is 30.9 Å². The number of nitrogen functional groups attached to an aromatic ring is 1. The van der Waals surface area contributed by atoms with Gasteiger partial charge in [0.05, 0.1) is 24.1 Å². The third-order valence-electron chi connectivity index (χ3n) is 6.39. The molecule has 0 saturated carbocycles. The molecule has 0 radical (unpaired) electrons. The number of nitrogens with zero attached hydrogens (tertiary/aromatic N) is 2. The van der Waals surface area contributed by atoms with E-state index in [4.69, 9.17) is 15.2 Å². The van der Waals surface area contributed by atoms with Crippen molar-refractivity contribution in [3.8, 4) is 16.9 Å². The van der Waals surface area contributed by atoms with Crippen LogP contribution in [0.15, 0.2) is 59.5 Å². The highest BCUT2D eigenvalue weighted by Gasteiger charge is 2.18. The van der Waals surface area contributed by atoms with Gasteiger partial charge in [-0.2, -0.15) is 5.10 Å². The SMILES string of the molecule is CC(=O)Nc1cccc(Cn2cc(-c3cc(OCC4CCOCC4)c4c(N)n[nH]c4c3)ccc2=O)c1. The second-order valence-electron chi connectivity index (χ2n) is 9.14. The Labute approximate surface area is 208 Å². The Balaban J connectivity index is 1.45. The Morgan fingerprint density at radius 3 is 2.83 bits per heavy atom. The molecule has 1 aliphatic rings.